The lowest BCUT2D eigenvalue weighted by Crippen LogP contribution is -2.51. The van der Waals surface area contributed by atoms with Crippen molar-refractivity contribution < 1.29 is 14.6 Å². The number of aliphatic hydroxyl groups excluding tert-OH is 1. The summed E-state index contributed by atoms with van der Waals surface area (Å²) >= 11 is 0. The van der Waals surface area contributed by atoms with Gasteiger partial charge in [-0.3, -0.25) is 0 Å². The normalized spacial score (nSPS) is 58.4. The minimum absolute atomic E-state index is 0.00923. The predicted molar refractivity (Wildman–Crippen MR) is 101 cm³/mol. The summed E-state index contributed by atoms with van der Waals surface area (Å²) in [6.07, 6.45) is 11.1. The molecule has 1 heterocycles. The van der Waals surface area contributed by atoms with Gasteiger partial charge in [-0.25, -0.2) is 0 Å². The van der Waals surface area contributed by atoms with Crippen molar-refractivity contribution >= 4 is 0 Å². The SMILES string of the molecule is CO[C@H]1O[C@@H]2[C@@H](C[C@@]3(C)CC[C@H]4[C@@H](CC=C5C[C@@H](O)CC[C@@]54C)[C@H]23)[C@@H]1C. The Morgan fingerprint density at radius 3 is 2.77 bits per heavy atom. The molecule has 10 atom stereocenters. The van der Waals surface area contributed by atoms with Crippen LogP contribution in [-0.2, 0) is 9.47 Å². The van der Waals surface area contributed by atoms with E-state index < -0.39 is 0 Å². The first-order chi connectivity index (χ1) is 12.4. The van der Waals surface area contributed by atoms with Gasteiger partial charge in [-0.05, 0) is 79.4 Å². The Labute approximate surface area is 158 Å². The fourth-order valence-electron chi connectivity index (χ4n) is 8.19. The second kappa shape index (κ2) is 5.81. The van der Waals surface area contributed by atoms with Crippen LogP contribution in [0.2, 0.25) is 0 Å². The molecule has 26 heavy (non-hydrogen) atoms. The predicted octanol–water partition coefficient (Wildman–Crippen LogP) is 4.54. The van der Waals surface area contributed by atoms with Crippen LogP contribution in [0.1, 0.15) is 65.7 Å². The van der Waals surface area contributed by atoms with Gasteiger partial charge in [-0.1, -0.05) is 32.4 Å². The Hall–Kier alpha value is -0.380. The molecule has 0 radical (unpaired) electrons. The molecule has 3 heteroatoms. The molecule has 0 amide bonds. The van der Waals surface area contributed by atoms with E-state index in [1.165, 1.54) is 25.7 Å². The van der Waals surface area contributed by atoms with Crippen LogP contribution in [0.3, 0.4) is 0 Å². The van der Waals surface area contributed by atoms with Crippen molar-refractivity contribution in [2.24, 2.45) is 40.4 Å². The van der Waals surface area contributed by atoms with Gasteiger partial charge in [0.05, 0.1) is 12.2 Å². The fourth-order valence-corrected chi connectivity index (χ4v) is 8.19. The summed E-state index contributed by atoms with van der Waals surface area (Å²) in [5, 5.41) is 10.2. The first-order valence-corrected chi connectivity index (χ1v) is 10.9. The van der Waals surface area contributed by atoms with E-state index in [2.05, 4.69) is 26.8 Å². The van der Waals surface area contributed by atoms with E-state index in [9.17, 15) is 5.11 Å². The molecule has 3 nitrogen and oxygen atoms in total. The van der Waals surface area contributed by atoms with E-state index in [1.807, 2.05) is 0 Å². The lowest BCUT2D eigenvalue weighted by atomic mass is 9.48. The van der Waals surface area contributed by atoms with Crippen LogP contribution in [0.15, 0.2) is 11.6 Å². The third-order valence-electron chi connectivity index (χ3n) is 9.56. The Morgan fingerprint density at radius 2 is 2.00 bits per heavy atom. The van der Waals surface area contributed by atoms with Crippen molar-refractivity contribution in [2.45, 2.75) is 84.2 Å². The summed E-state index contributed by atoms with van der Waals surface area (Å²) in [7, 11) is 1.80. The van der Waals surface area contributed by atoms with E-state index in [0.29, 0.717) is 34.7 Å². The van der Waals surface area contributed by atoms with Gasteiger partial charge in [0.1, 0.15) is 0 Å². The molecule has 1 N–H and O–H groups in total. The summed E-state index contributed by atoms with van der Waals surface area (Å²) < 4.78 is 12.2. The Bertz CT molecular complexity index is 615. The molecule has 3 saturated carbocycles. The van der Waals surface area contributed by atoms with E-state index in [1.54, 1.807) is 12.7 Å². The second-order valence-electron chi connectivity index (χ2n) is 10.7. The van der Waals surface area contributed by atoms with Crippen LogP contribution < -0.4 is 0 Å². The Balaban J connectivity index is 1.49. The summed E-state index contributed by atoms with van der Waals surface area (Å²) in [5.41, 5.74) is 2.32. The van der Waals surface area contributed by atoms with Gasteiger partial charge in [-0.2, -0.15) is 0 Å². The Kier molecular flexibility index (Phi) is 3.96. The number of hydrogen-bond acceptors (Lipinski definition) is 3. The summed E-state index contributed by atoms with van der Waals surface area (Å²) in [6.45, 7) is 7.39. The van der Waals surface area contributed by atoms with Crippen LogP contribution in [0.4, 0.5) is 0 Å². The van der Waals surface area contributed by atoms with Crippen LogP contribution in [0.5, 0.6) is 0 Å². The Morgan fingerprint density at radius 1 is 1.19 bits per heavy atom. The number of allylic oxidation sites excluding steroid dienone is 1. The maximum atomic E-state index is 10.2. The number of fused-ring (bicyclic) bond motifs is 7. The molecule has 5 aliphatic rings. The molecule has 4 aliphatic carbocycles. The van der Waals surface area contributed by atoms with Crippen molar-refractivity contribution in [1.29, 1.82) is 0 Å². The quantitative estimate of drug-likeness (QED) is 0.698. The highest BCUT2D eigenvalue weighted by Gasteiger charge is 2.64. The average Bonchev–Trinajstić information content (AvgIpc) is 3.07. The lowest BCUT2D eigenvalue weighted by molar-refractivity contribution is -0.165. The van der Waals surface area contributed by atoms with E-state index in [0.717, 1.165) is 31.1 Å². The summed E-state index contributed by atoms with van der Waals surface area (Å²) in [4.78, 5) is 0. The molecule has 0 bridgehead atoms. The monoisotopic (exact) mass is 360 g/mol. The second-order valence-corrected chi connectivity index (χ2v) is 10.7. The van der Waals surface area contributed by atoms with E-state index in [-0.39, 0.29) is 12.4 Å². The van der Waals surface area contributed by atoms with Gasteiger partial charge in [0.2, 0.25) is 0 Å². The first kappa shape index (κ1) is 17.7. The summed E-state index contributed by atoms with van der Waals surface area (Å²) in [6, 6.07) is 0. The van der Waals surface area contributed by atoms with Gasteiger partial charge in [-0.15, -0.1) is 0 Å². The van der Waals surface area contributed by atoms with Gasteiger partial charge in [0, 0.05) is 13.0 Å². The summed E-state index contributed by atoms with van der Waals surface area (Å²) in [5.74, 6) is 3.37. The van der Waals surface area contributed by atoms with Gasteiger partial charge < -0.3 is 14.6 Å². The van der Waals surface area contributed by atoms with Crippen LogP contribution >= 0.6 is 0 Å². The first-order valence-electron chi connectivity index (χ1n) is 10.9. The minimum atomic E-state index is -0.114. The molecular weight excluding hydrogens is 324 g/mol. The zero-order valence-corrected chi connectivity index (χ0v) is 16.9. The zero-order valence-electron chi connectivity index (χ0n) is 16.9. The highest BCUT2D eigenvalue weighted by atomic mass is 16.7. The average molecular weight is 361 g/mol. The number of hydrogen-bond donors (Lipinski definition) is 1. The highest BCUT2D eigenvalue weighted by Crippen LogP contribution is 2.68. The molecule has 0 aromatic heterocycles. The van der Waals surface area contributed by atoms with Crippen molar-refractivity contribution in [1.82, 2.24) is 0 Å². The van der Waals surface area contributed by atoms with Crippen LogP contribution in [0.25, 0.3) is 0 Å². The number of aliphatic hydroxyl groups is 1. The number of ether oxygens (including phenoxy) is 2. The van der Waals surface area contributed by atoms with Crippen molar-refractivity contribution in [3.63, 3.8) is 0 Å². The van der Waals surface area contributed by atoms with E-state index >= 15 is 0 Å². The number of rotatable bonds is 1. The standard InChI is InChI=1S/C23H36O3/c1-13-17-12-22(2)9-8-18-16(19(22)20(17)26-21(13)25-4)6-5-14-11-15(24)7-10-23(14,18)3/h5,13,15-21,24H,6-12H2,1-4H3/t13-,15-,16+,17-,18-,19+,20+,21-,22+,23-/m0/s1. The zero-order chi connectivity index (χ0) is 18.3. The van der Waals surface area contributed by atoms with Crippen molar-refractivity contribution in [3.05, 3.63) is 11.6 Å². The van der Waals surface area contributed by atoms with Crippen molar-refractivity contribution in [2.75, 3.05) is 7.11 Å². The minimum Gasteiger partial charge on any atom is -0.393 e. The molecule has 0 spiro atoms. The topological polar surface area (TPSA) is 38.7 Å². The van der Waals surface area contributed by atoms with Crippen LogP contribution in [0, 0.1) is 40.4 Å². The molecule has 1 saturated heterocycles. The smallest absolute Gasteiger partial charge is 0.160 e. The molecule has 5 rings (SSSR count). The molecule has 146 valence electrons. The van der Waals surface area contributed by atoms with Gasteiger partial charge in [0.15, 0.2) is 6.29 Å². The fraction of sp³-hybridized carbons (Fsp3) is 0.913. The van der Waals surface area contributed by atoms with Gasteiger partial charge in [0.25, 0.3) is 0 Å². The largest absolute Gasteiger partial charge is 0.393 e. The van der Waals surface area contributed by atoms with Crippen LogP contribution in [-0.4, -0.2) is 30.7 Å². The van der Waals surface area contributed by atoms with Gasteiger partial charge >= 0.3 is 0 Å². The maximum absolute atomic E-state index is 10.2. The molecule has 0 unspecified atom stereocenters. The van der Waals surface area contributed by atoms with E-state index in [4.69, 9.17) is 9.47 Å². The maximum Gasteiger partial charge on any atom is 0.160 e. The highest BCUT2D eigenvalue weighted by molar-refractivity contribution is 5.26. The lowest BCUT2D eigenvalue weighted by Gasteiger charge is -2.57. The molecule has 0 aromatic rings. The molecule has 1 aliphatic heterocycles. The molecule has 4 fully saturated rings. The van der Waals surface area contributed by atoms with Crippen molar-refractivity contribution in [3.8, 4) is 0 Å². The third-order valence-corrected chi connectivity index (χ3v) is 9.56. The molecular formula is C23H36O3. The number of methoxy groups -OCH3 is 1. The third kappa shape index (κ3) is 2.23. The molecule has 0 aromatic carbocycles.